The Hall–Kier alpha value is -2.21. The third-order valence-electron chi connectivity index (χ3n) is 3.33. The van der Waals surface area contributed by atoms with Crippen molar-refractivity contribution in [2.24, 2.45) is 0 Å². The SMILES string of the molecule is O=C(CCc1cccc(F)c1)NCCS(=O)(=O)c1ccccc1. The Labute approximate surface area is 135 Å². The molecule has 2 rings (SSSR count). The molecule has 0 atom stereocenters. The molecule has 1 N–H and O–H groups in total. The number of sulfone groups is 1. The highest BCUT2D eigenvalue weighted by atomic mass is 32.2. The third kappa shape index (κ3) is 5.49. The molecule has 0 aliphatic heterocycles. The van der Waals surface area contributed by atoms with Gasteiger partial charge in [0.15, 0.2) is 9.84 Å². The van der Waals surface area contributed by atoms with Gasteiger partial charge in [-0.3, -0.25) is 4.79 Å². The highest BCUT2D eigenvalue weighted by Crippen LogP contribution is 2.09. The van der Waals surface area contributed by atoms with E-state index >= 15 is 0 Å². The number of benzene rings is 2. The van der Waals surface area contributed by atoms with Gasteiger partial charge in [0.25, 0.3) is 0 Å². The zero-order chi connectivity index (χ0) is 16.7. The zero-order valence-electron chi connectivity index (χ0n) is 12.5. The number of amides is 1. The van der Waals surface area contributed by atoms with Crippen molar-refractivity contribution in [1.82, 2.24) is 5.32 Å². The van der Waals surface area contributed by atoms with E-state index in [-0.39, 0.29) is 35.3 Å². The van der Waals surface area contributed by atoms with Crippen LogP contribution in [-0.4, -0.2) is 26.6 Å². The summed E-state index contributed by atoms with van der Waals surface area (Å²) in [5.41, 5.74) is 0.733. The fraction of sp³-hybridized carbons (Fsp3) is 0.235. The predicted octanol–water partition coefficient (Wildman–Crippen LogP) is 2.35. The first-order valence-electron chi connectivity index (χ1n) is 7.26. The van der Waals surface area contributed by atoms with Crippen molar-refractivity contribution >= 4 is 15.7 Å². The number of carbonyl (C=O) groups is 1. The van der Waals surface area contributed by atoms with E-state index in [4.69, 9.17) is 0 Å². The summed E-state index contributed by atoms with van der Waals surface area (Å²) in [6.07, 6.45) is 0.601. The average Bonchev–Trinajstić information content (AvgIpc) is 2.54. The van der Waals surface area contributed by atoms with E-state index < -0.39 is 9.84 Å². The number of aryl methyl sites for hydroxylation is 1. The number of hydrogen-bond acceptors (Lipinski definition) is 3. The molecule has 1 amide bonds. The molecule has 0 aliphatic rings. The fourth-order valence-corrected chi connectivity index (χ4v) is 3.29. The Morgan fingerprint density at radius 3 is 2.48 bits per heavy atom. The summed E-state index contributed by atoms with van der Waals surface area (Å²) in [5, 5.41) is 2.58. The Bertz CT molecular complexity index is 760. The minimum Gasteiger partial charge on any atom is -0.355 e. The van der Waals surface area contributed by atoms with Gasteiger partial charge >= 0.3 is 0 Å². The van der Waals surface area contributed by atoms with Gasteiger partial charge in [-0.25, -0.2) is 12.8 Å². The lowest BCUT2D eigenvalue weighted by Crippen LogP contribution is -2.29. The molecule has 2 aromatic rings. The van der Waals surface area contributed by atoms with E-state index in [2.05, 4.69) is 5.32 Å². The standard InChI is InChI=1S/C17H18FNO3S/c18-15-6-4-5-14(13-15)9-10-17(20)19-11-12-23(21,22)16-7-2-1-3-8-16/h1-8,13H,9-12H2,(H,19,20). The van der Waals surface area contributed by atoms with Crippen LogP contribution in [0.4, 0.5) is 4.39 Å². The maximum Gasteiger partial charge on any atom is 0.220 e. The molecular formula is C17H18FNO3S. The second kappa shape index (κ2) is 7.87. The fourth-order valence-electron chi connectivity index (χ4n) is 2.11. The van der Waals surface area contributed by atoms with E-state index in [0.717, 1.165) is 5.56 Å². The highest BCUT2D eigenvalue weighted by molar-refractivity contribution is 7.91. The minimum absolute atomic E-state index is 0.0548. The van der Waals surface area contributed by atoms with E-state index in [1.807, 2.05) is 0 Å². The number of hydrogen-bond donors (Lipinski definition) is 1. The van der Waals surface area contributed by atoms with Crippen LogP contribution >= 0.6 is 0 Å². The van der Waals surface area contributed by atoms with E-state index in [9.17, 15) is 17.6 Å². The van der Waals surface area contributed by atoms with Crippen molar-refractivity contribution in [1.29, 1.82) is 0 Å². The largest absolute Gasteiger partial charge is 0.355 e. The molecule has 0 bridgehead atoms. The van der Waals surface area contributed by atoms with Gasteiger partial charge in [-0.05, 0) is 36.2 Å². The smallest absolute Gasteiger partial charge is 0.220 e. The van der Waals surface area contributed by atoms with Crippen molar-refractivity contribution in [3.05, 3.63) is 66.0 Å². The topological polar surface area (TPSA) is 63.2 Å². The first-order valence-corrected chi connectivity index (χ1v) is 8.91. The van der Waals surface area contributed by atoms with E-state index in [1.54, 1.807) is 30.3 Å². The van der Waals surface area contributed by atoms with Gasteiger partial charge in [-0.1, -0.05) is 30.3 Å². The summed E-state index contributed by atoms with van der Waals surface area (Å²) in [6, 6.07) is 14.2. The maximum absolute atomic E-state index is 13.0. The average molecular weight is 335 g/mol. The Morgan fingerprint density at radius 1 is 1.04 bits per heavy atom. The summed E-state index contributed by atoms with van der Waals surface area (Å²) in [5.74, 6) is -0.739. The molecule has 0 radical (unpaired) electrons. The molecule has 0 fully saturated rings. The van der Waals surface area contributed by atoms with Crippen LogP contribution in [0.5, 0.6) is 0 Å². The summed E-state index contributed by atoms with van der Waals surface area (Å²) in [6.45, 7) is 0.0548. The number of rotatable bonds is 7. The zero-order valence-corrected chi connectivity index (χ0v) is 13.4. The lowest BCUT2D eigenvalue weighted by molar-refractivity contribution is -0.120. The third-order valence-corrected chi connectivity index (χ3v) is 5.06. The van der Waals surface area contributed by atoms with Crippen molar-refractivity contribution in [3.63, 3.8) is 0 Å². The molecule has 0 spiro atoms. The van der Waals surface area contributed by atoms with Crippen molar-refractivity contribution in [3.8, 4) is 0 Å². The Morgan fingerprint density at radius 2 is 1.78 bits per heavy atom. The van der Waals surface area contributed by atoms with Crippen LogP contribution in [-0.2, 0) is 21.1 Å². The molecule has 4 nitrogen and oxygen atoms in total. The van der Waals surface area contributed by atoms with E-state index in [0.29, 0.717) is 6.42 Å². The molecule has 0 aliphatic carbocycles. The molecule has 0 unspecified atom stereocenters. The first kappa shape index (κ1) is 17.1. The quantitative estimate of drug-likeness (QED) is 0.845. The van der Waals surface area contributed by atoms with Gasteiger partial charge < -0.3 is 5.32 Å². The molecule has 23 heavy (non-hydrogen) atoms. The van der Waals surface area contributed by atoms with Crippen molar-refractivity contribution in [2.75, 3.05) is 12.3 Å². The van der Waals surface area contributed by atoms with Gasteiger partial charge in [-0.15, -0.1) is 0 Å². The highest BCUT2D eigenvalue weighted by Gasteiger charge is 2.13. The lowest BCUT2D eigenvalue weighted by Gasteiger charge is -2.07. The van der Waals surface area contributed by atoms with Crippen LogP contribution in [0.3, 0.4) is 0 Å². The van der Waals surface area contributed by atoms with Gasteiger partial charge in [0, 0.05) is 13.0 Å². The Balaban J connectivity index is 1.77. The molecule has 0 heterocycles. The Kier molecular flexibility index (Phi) is 5.87. The van der Waals surface area contributed by atoms with Crippen molar-refractivity contribution < 1.29 is 17.6 Å². The summed E-state index contributed by atoms with van der Waals surface area (Å²) in [7, 11) is -3.39. The maximum atomic E-state index is 13.0. The van der Waals surface area contributed by atoms with Crippen molar-refractivity contribution in [2.45, 2.75) is 17.7 Å². The van der Waals surface area contributed by atoms with Gasteiger partial charge in [-0.2, -0.15) is 0 Å². The van der Waals surface area contributed by atoms with Crippen LogP contribution in [0.15, 0.2) is 59.5 Å². The second-order valence-electron chi connectivity index (χ2n) is 5.11. The van der Waals surface area contributed by atoms with Crippen LogP contribution < -0.4 is 5.32 Å². The number of carbonyl (C=O) groups excluding carboxylic acids is 1. The molecule has 0 saturated carbocycles. The van der Waals surface area contributed by atoms with Gasteiger partial charge in [0.1, 0.15) is 5.82 Å². The summed E-state index contributed by atoms with van der Waals surface area (Å²) >= 11 is 0. The molecular weight excluding hydrogens is 317 g/mol. The van der Waals surface area contributed by atoms with E-state index in [1.165, 1.54) is 24.3 Å². The first-order chi connectivity index (χ1) is 11.0. The number of halogens is 1. The molecule has 0 saturated heterocycles. The van der Waals surface area contributed by atoms with Gasteiger partial charge in [0.2, 0.25) is 5.91 Å². The molecule has 122 valence electrons. The molecule has 0 aromatic heterocycles. The normalized spacial score (nSPS) is 11.2. The molecule has 2 aromatic carbocycles. The number of nitrogens with one attached hydrogen (secondary N) is 1. The van der Waals surface area contributed by atoms with Crippen LogP contribution in [0.2, 0.25) is 0 Å². The minimum atomic E-state index is -3.39. The monoisotopic (exact) mass is 335 g/mol. The van der Waals surface area contributed by atoms with Crippen LogP contribution in [0.25, 0.3) is 0 Å². The van der Waals surface area contributed by atoms with Crippen LogP contribution in [0.1, 0.15) is 12.0 Å². The van der Waals surface area contributed by atoms with Gasteiger partial charge in [0.05, 0.1) is 10.6 Å². The van der Waals surface area contributed by atoms with Crippen LogP contribution in [0, 0.1) is 5.82 Å². The predicted molar refractivity (Wildman–Crippen MR) is 86.2 cm³/mol. The molecule has 6 heteroatoms. The lowest BCUT2D eigenvalue weighted by atomic mass is 10.1. The summed E-state index contributed by atoms with van der Waals surface area (Å²) in [4.78, 5) is 12.0. The second-order valence-corrected chi connectivity index (χ2v) is 7.22. The summed E-state index contributed by atoms with van der Waals surface area (Å²) < 4.78 is 37.1.